The van der Waals surface area contributed by atoms with E-state index in [0.29, 0.717) is 25.3 Å². The molecule has 152 valence electrons. The van der Waals surface area contributed by atoms with Gasteiger partial charge >= 0.3 is 6.09 Å². The van der Waals surface area contributed by atoms with Gasteiger partial charge in [-0.2, -0.15) is 0 Å². The van der Waals surface area contributed by atoms with E-state index < -0.39 is 17.7 Å². The van der Waals surface area contributed by atoms with E-state index in [1.165, 1.54) is 12.1 Å². The topological polar surface area (TPSA) is 76.7 Å². The largest absolute Gasteiger partial charge is 0.494 e. The number of carbonyl (C=O) groups excluding carboxylic acids is 2. The van der Waals surface area contributed by atoms with Crippen LogP contribution < -0.4 is 15.4 Å². The van der Waals surface area contributed by atoms with Gasteiger partial charge in [0.1, 0.15) is 23.2 Å². The Bertz CT molecular complexity index is 599. The Morgan fingerprint density at radius 3 is 2.37 bits per heavy atom. The van der Waals surface area contributed by atoms with E-state index in [1.807, 2.05) is 13.8 Å². The summed E-state index contributed by atoms with van der Waals surface area (Å²) in [5, 5.41) is 5.47. The molecule has 1 aromatic carbocycles. The first-order valence-corrected chi connectivity index (χ1v) is 9.28. The molecule has 2 unspecified atom stereocenters. The van der Waals surface area contributed by atoms with Crippen molar-refractivity contribution < 1.29 is 23.5 Å². The molecule has 0 radical (unpaired) electrons. The first-order chi connectivity index (χ1) is 12.6. The van der Waals surface area contributed by atoms with Gasteiger partial charge in [-0.05, 0) is 57.4 Å². The van der Waals surface area contributed by atoms with Gasteiger partial charge in [-0.3, -0.25) is 4.79 Å². The zero-order valence-corrected chi connectivity index (χ0v) is 16.8. The van der Waals surface area contributed by atoms with E-state index in [-0.39, 0.29) is 17.6 Å². The molecule has 0 fully saturated rings. The Balaban J connectivity index is 2.42. The molecule has 0 aliphatic carbocycles. The number of amides is 2. The number of alkyl carbamates (subject to hydrolysis) is 1. The molecule has 2 amide bonds. The van der Waals surface area contributed by atoms with Crippen molar-refractivity contribution in [2.24, 2.45) is 5.92 Å². The van der Waals surface area contributed by atoms with Crippen LogP contribution in [0.25, 0.3) is 0 Å². The van der Waals surface area contributed by atoms with Crippen molar-refractivity contribution in [3.05, 3.63) is 30.1 Å². The first-order valence-electron chi connectivity index (χ1n) is 9.28. The van der Waals surface area contributed by atoms with Gasteiger partial charge in [0.05, 0.1) is 6.61 Å². The third-order valence-corrected chi connectivity index (χ3v) is 3.87. The van der Waals surface area contributed by atoms with Gasteiger partial charge in [0.2, 0.25) is 5.91 Å². The van der Waals surface area contributed by atoms with Crippen LogP contribution >= 0.6 is 0 Å². The van der Waals surface area contributed by atoms with Gasteiger partial charge in [0.15, 0.2) is 0 Å². The molecule has 27 heavy (non-hydrogen) atoms. The van der Waals surface area contributed by atoms with Crippen LogP contribution in [0.4, 0.5) is 9.18 Å². The predicted octanol–water partition coefficient (Wildman–Crippen LogP) is 3.65. The fourth-order valence-electron chi connectivity index (χ4n) is 2.25. The highest BCUT2D eigenvalue weighted by atomic mass is 19.1. The minimum absolute atomic E-state index is 0.0343. The summed E-state index contributed by atoms with van der Waals surface area (Å²) in [7, 11) is 0. The Hall–Kier alpha value is -2.31. The molecule has 0 saturated carbocycles. The van der Waals surface area contributed by atoms with Crippen molar-refractivity contribution in [2.45, 2.75) is 59.1 Å². The third kappa shape index (κ3) is 9.26. The van der Waals surface area contributed by atoms with Crippen LogP contribution in [0.3, 0.4) is 0 Å². The number of carbonyl (C=O) groups is 2. The molecule has 1 aromatic rings. The highest BCUT2D eigenvalue weighted by Gasteiger charge is 2.27. The smallest absolute Gasteiger partial charge is 0.408 e. The lowest BCUT2D eigenvalue weighted by Crippen LogP contribution is -2.51. The maximum absolute atomic E-state index is 12.8. The summed E-state index contributed by atoms with van der Waals surface area (Å²) < 4.78 is 23.5. The summed E-state index contributed by atoms with van der Waals surface area (Å²) in [6.07, 6.45) is 0.715. The first kappa shape index (κ1) is 22.7. The van der Waals surface area contributed by atoms with Gasteiger partial charge in [-0.25, -0.2) is 9.18 Å². The molecule has 7 heteroatoms. The normalized spacial score (nSPS) is 13.4. The van der Waals surface area contributed by atoms with Crippen molar-refractivity contribution in [3.8, 4) is 5.75 Å². The molecular weight excluding hydrogens is 351 g/mol. The van der Waals surface area contributed by atoms with Crippen molar-refractivity contribution in [1.29, 1.82) is 0 Å². The van der Waals surface area contributed by atoms with Crippen molar-refractivity contribution in [3.63, 3.8) is 0 Å². The average Bonchev–Trinajstić information content (AvgIpc) is 2.58. The van der Waals surface area contributed by atoms with E-state index >= 15 is 0 Å². The average molecular weight is 382 g/mol. The Morgan fingerprint density at radius 1 is 1.19 bits per heavy atom. The maximum Gasteiger partial charge on any atom is 0.408 e. The van der Waals surface area contributed by atoms with Gasteiger partial charge in [-0.1, -0.05) is 20.3 Å². The second-order valence-corrected chi connectivity index (χ2v) is 7.46. The number of nitrogens with one attached hydrogen (secondary N) is 2. The van der Waals surface area contributed by atoms with Gasteiger partial charge in [0, 0.05) is 6.54 Å². The summed E-state index contributed by atoms with van der Waals surface area (Å²) >= 11 is 0. The van der Waals surface area contributed by atoms with Crippen LogP contribution in [0.1, 0.15) is 47.5 Å². The number of benzene rings is 1. The molecular formula is C20H31FN2O4. The van der Waals surface area contributed by atoms with Crippen LogP contribution in [-0.2, 0) is 9.53 Å². The summed E-state index contributed by atoms with van der Waals surface area (Å²) in [5.41, 5.74) is -0.627. The second-order valence-electron chi connectivity index (χ2n) is 7.46. The lowest BCUT2D eigenvalue weighted by molar-refractivity contribution is -0.124. The fourth-order valence-corrected chi connectivity index (χ4v) is 2.25. The highest BCUT2D eigenvalue weighted by Crippen LogP contribution is 2.12. The van der Waals surface area contributed by atoms with E-state index in [1.54, 1.807) is 32.9 Å². The van der Waals surface area contributed by atoms with Crippen LogP contribution in [0, 0.1) is 11.7 Å². The number of ether oxygens (including phenoxy) is 2. The Labute approximate surface area is 160 Å². The number of hydrogen-bond acceptors (Lipinski definition) is 4. The van der Waals surface area contributed by atoms with Crippen LogP contribution in [0.2, 0.25) is 0 Å². The summed E-state index contributed by atoms with van der Waals surface area (Å²) in [6.45, 7) is 9.96. The van der Waals surface area contributed by atoms with Gasteiger partial charge in [-0.15, -0.1) is 0 Å². The van der Waals surface area contributed by atoms with Crippen molar-refractivity contribution in [2.75, 3.05) is 13.2 Å². The molecule has 0 aliphatic rings. The fraction of sp³-hybridized carbons (Fsp3) is 0.600. The van der Waals surface area contributed by atoms with E-state index in [9.17, 15) is 14.0 Å². The van der Waals surface area contributed by atoms with Crippen LogP contribution in [0.15, 0.2) is 24.3 Å². The molecule has 0 heterocycles. The number of halogens is 1. The third-order valence-electron chi connectivity index (χ3n) is 3.87. The molecule has 0 aliphatic heterocycles. The predicted molar refractivity (Wildman–Crippen MR) is 102 cm³/mol. The van der Waals surface area contributed by atoms with E-state index in [0.717, 1.165) is 6.42 Å². The quantitative estimate of drug-likeness (QED) is 0.639. The molecule has 1 rings (SSSR count). The summed E-state index contributed by atoms with van der Waals surface area (Å²) in [4.78, 5) is 24.4. The summed E-state index contributed by atoms with van der Waals surface area (Å²) in [6, 6.07) is 5.10. The second kappa shape index (κ2) is 10.7. The maximum atomic E-state index is 12.8. The molecule has 6 nitrogen and oxygen atoms in total. The monoisotopic (exact) mass is 382 g/mol. The van der Waals surface area contributed by atoms with Crippen LogP contribution in [-0.4, -0.2) is 36.8 Å². The minimum Gasteiger partial charge on any atom is -0.494 e. The Morgan fingerprint density at radius 2 is 1.81 bits per heavy atom. The summed E-state index contributed by atoms with van der Waals surface area (Å²) in [5.74, 6) is -0.0278. The zero-order valence-electron chi connectivity index (χ0n) is 16.8. The zero-order chi connectivity index (χ0) is 20.4. The minimum atomic E-state index is -0.664. The standard InChI is InChI=1S/C20H31FN2O4/c1-6-14(2)17(23-19(25)27-20(3,4)5)18(24)22-12-7-13-26-16-10-8-15(21)9-11-16/h8-11,14,17H,6-7,12-13H2,1-5H3,(H,22,24)(H,23,25). The SMILES string of the molecule is CCC(C)C(NC(=O)OC(C)(C)C)C(=O)NCCCOc1ccc(F)cc1. The lowest BCUT2D eigenvalue weighted by atomic mass is 9.98. The molecule has 0 bridgehead atoms. The van der Waals surface area contributed by atoms with Gasteiger partial charge in [0.25, 0.3) is 0 Å². The van der Waals surface area contributed by atoms with Crippen LogP contribution in [0.5, 0.6) is 5.75 Å². The van der Waals surface area contributed by atoms with Gasteiger partial charge < -0.3 is 20.1 Å². The van der Waals surface area contributed by atoms with E-state index in [4.69, 9.17) is 9.47 Å². The Kier molecular flexibility index (Phi) is 9.05. The molecule has 0 spiro atoms. The van der Waals surface area contributed by atoms with E-state index in [2.05, 4.69) is 10.6 Å². The molecule has 2 atom stereocenters. The molecule has 2 N–H and O–H groups in total. The van der Waals surface area contributed by atoms with Crippen molar-refractivity contribution in [1.82, 2.24) is 10.6 Å². The number of hydrogen-bond donors (Lipinski definition) is 2. The lowest BCUT2D eigenvalue weighted by Gasteiger charge is -2.26. The number of rotatable bonds is 9. The highest BCUT2D eigenvalue weighted by molar-refractivity contribution is 5.85. The molecule has 0 saturated heterocycles. The van der Waals surface area contributed by atoms with Crippen molar-refractivity contribution >= 4 is 12.0 Å². The molecule has 0 aromatic heterocycles.